The van der Waals surface area contributed by atoms with Gasteiger partial charge in [-0.3, -0.25) is 0 Å². The lowest BCUT2D eigenvalue weighted by atomic mass is 9.92. The second-order valence-electron chi connectivity index (χ2n) is 5.05. The molecule has 2 rings (SSSR count). The van der Waals surface area contributed by atoms with Crippen molar-refractivity contribution in [2.24, 2.45) is 0 Å². The van der Waals surface area contributed by atoms with Gasteiger partial charge >= 0.3 is 0 Å². The van der Waals surface area contributed by atoms with Gasteiger partial charge in [0.25, 0.3) is 0 Å². The predicted molar refractivity (Wildman–Crippen MR) is 87.5 cm³/mol. The summed E-state index contributed by atoms with van der Waals surface area (Å²) in [6.45, 7) is 1.54. The molecule has 110 valence electrons. The van der Waals surface area contributed by atoms with Crippen molar-refractivity contribution in [1.82, 2.24) is 0 Å². The topological polar surface area (TPSA) is 40.5 Å². The fourth-order valence-electron chi connectivity index (χ4n) is 1.94. The standard InChI is InChI=1S/C17H16Cl2O2/c1-17(21,10-9-12-5-3-2-4-6-12)16(20)13-7-8-14(18)15(19)11-13/h2-11,16,20-21H,1H3/b10-9+. The highest BCUT2D eigenvalue weighted by molar-refractivity contribution is 6.42. The number of hydrogen-bond acceptors (Lipinski definition) is 2. The van der Waals surface area contributed by atoms with Gasteiger partial charge in [-0.2, -0.15) is 0 Å². The van der Waals surface area contributed by atoms with E-state index < -0.39 is 11.7 Å². The smallest absolute Gasteiger partial charge is 0.111 e. The highest BCUT2D eigenvalue weighted by Gasteiger charge is 2.29. The molecular weight excluding hydrogens is 307 g/mol. The largest absolute Gasteiger partial charge is 0.385 e. The molecule has 0 amide bonds. The summed E-state index contributed by atoms with van der Waals surface area (Å²) in [6.07, 6.45) is 2.23. The Morgan fingerprint density at radius 2 is 1.71 bits per heavy atom. The molecule has 2 aromatic rings. The van der Waals surface area contributed by atoms with Gasteiger partial charge in [0.1, 0.15) is 11.7 Å². The molecule has 0 aliphatic rings. The van der Waals surface area contributed by atoms with Gasteiger partial charge in [0.05, 0.1) is 10.0 Å². The first kappa shape index (κ1) is 16.1. The van der Waals surface area contributed by atoms with E-state index >= 15 is 0 Å². The van der Waals surface area contributed by atoms with Gasteiger partial charge in [0, 0.05) is 0 Å². The van der Waals surface area contributed by atoms with Gasteiger partial charge in [-0.25, -0.2) is 0 Å². The maximum atomic E-state index is 10.4. The number of hydrogen-bond donors (Lipinski definition) is 2. The summed E-state index contributed by atoms with van der Waals surface area (Å²) >= 11 is 11.8. The molecule has 0 aliphatic heterocycles. The Labute approximate surface area is 134 Å². The Morgan fingerprint density at radius 3 is 2.33 bits per heavy atom. The van der Waals surface area contributed by atoms with E-state index in [-0.39, 0.29) is 0 Å². The second-order valence-corrected chi connectivity index (χ2v) is 5.86. The predicted octanol–water partition coefficient (Wildman–Crippen LogP) is 4.49. The molecule has 0 aromatic heterocycles. The van der Waals surface area contributed by atoms with Crippen molar-refractivity contribution < 1.29 is 10.2 Å². The Morgan fingerprint density at radius 1 is 1.05 bits per heavy atom. The van der Waals surface area contributed by atoms with E-state index in [0.29, 0.717) is 15.6 Å². The van der Waals surface area contributed by atoms with Gasteiger partial charge in [-0.05, 0) is 36.3 Å². The van der Waals surface area contributed by atoms with Crippen LogP contribution in [0.3, 0.4) is 0 Å². The molecular formula is C17H16Cl2O2. The minimum atomic E-state index is -1.42. The molecule has 0 fully saturated rings. The van der Waals surface area contributed by atoms with Crippen LogP contribution in [0.5, 0.6) is 0 Å². The van der Waals surface area contributed by atoms with Crippen molar-refractivity contribution in [3.05, 3.63) is 75.8 Å². The summed E-state index contributed by atoms with van der Waals surface area (Å²) in [5, 5.41) is 21.5. The van der Waals surface area contributed by atoms with Crippen molar-refractivity contribution in [3.8, 4) is 0 Å². The average molecular weight is 323 g/mol. The zero-order chi connectivity index (χ0) is 15.5. The highest BCUT2D eigenvalue weighted by Crippen LogP contribution is 2.31. The maximum absolute atomic E-state index is 10.4. The average Bonchev–Trinajstić information content (AvgIpc) is 2.48. The van der Waals surface area contributed by atoms with Crippen LogP contribution in [0.2, 0.25) is 10.0 Å². The Kier molecular flexibility index (Phi) is 5.07. The molecule has 0 radical (unpaired) electrons. The van der Waals surface area contributed by atoms with E-state index in [1.165, 1.54) is 0 Å². The normalized spacial score (nSPS) is 15.9. The van der Waals surface area contributed by atoms with Crippen LogP contribution in [0.25, 0.3) is 6.08 Å². The molecule has 2 unspecified atom stereocenters. The van der Waals surface area contributed by atoms with E-state index in [0.717, 1.165) is 5.56 Å². The van der Waals surface area contributed by atoms with Crippen LogP contribution in [0, 0.1) is 0 Å². The zero-order valence-electron chi connectivity index (χ0n) is 11.5. The van der Waals surface area contributed by atoms with Crippen molar-refractivity contribution in [2.75, 3.05) is 0 Å². The Balaban J connectivity index is 2.21. The van der Waals surface area contributed by atoms with Gasteiger partial charge in [-0.1, -0.05) is 65.7 Å². The lowest BCUT2D eigenvalue weighted by Gasteiger charge is -2.26. The number of halogens is 2. The minimum Gasteiger partial charge on any atom is -0.385 e. The molecule has 0 bridgehead atoms. The lowest BCUT2D eigenvalue weighted by molar-refractivity contribution is -0.0271. The molecule has 2 aromatic carbocycles. The third kappa shape index (κ3) is 4.08. The SMILES string of the molecule is CC(O)(/C=C/c1ccccc1)C(O)c1ccc(Cl)c(Cl)c1. The summed E-state index contributed by atoms with van der Waals surface area (Å²) < 4.78 is 0. The van der Waals surface area contributed by atoms with E-state index in [2.05, 4.69) is 0 Å². The van der Waals surface area contributed by atoms with Crippen LogP contribution < -0.4 is 0 Å². The first-order valence-electron chi connectivity index (χ1n) is 6.50. The molecule has 4 heteroatoms. The second kappa shape index (κ2) is 6.63. The summed E-state index contributed by atoms with van der Waals surface area (Å²) in [6, 6.07) is 14.4. The fourth-order valence-corrected chi connectivity index (χ4v) is 2.25. The third-order valence-corrected chi connectivity index (χ3v) is 3.96. The first-order chi connectivity index (χ1) is 9.90. The van der Waals surface area contributed by atoms with E-state index in [9.17, 15) is 10.2 Å². The van der Waals surface area contributed by atoms with Crippen molar-refractivity contribution in [3.63, 3.8) is 0 Å². The molecule has 2 N–H and O–H groups in total. The van der Waals surface area contributed by atoms with Crippen molar-refractivity contribution in [2.45, 2.75) is 18.6 Å². The molecule has 2 atom stereocenters. The maximum Gasteiger partial charge on any atom is 0.111 e. The summed E-state index contributed by atoms with van der Waals surface area (Å²) in [5.41, 5.74) is 0.0266. The molecule has 2 nitrogen and oxygen atoms in total. The Hall–Kier alpha value is -1.32. The fraction of sp³-hybridized carbons (Fsp3) is 0.176. The number of rotatable bonds is 4. The number of aliphatic hydroxyl groups is 2. The minimum absolute atomic E-state index is 0.344. The highest BCUT2D eigenvalue weighted by atomic mass is 35.5. The summed E-state index contributed by atoms with van der Waals surface area (Å²) in [4.78, 5) is 0. The van der Waals surface area contributed by atoms with E-state index in [4.69, 9.17) is 23.2 Å². The third-order valence-electron chi connectivity index (χ3n) is 3.23. The van der Waals surface area contributed by atoms with Crippen molar-refractivity contribution >= 4 is 29.3 Å². The van der Waals surface area contributed by atoms with Crippen LogP contribution >= 0.6 is 23.2 Å². The van der Waals surface area contributed by atoms with Crippen LogP contribution in [0.15, 0.2) is 54.6 Å². The number of benzene rings is 2. The van der Waals surface area contributed by atoms with Gasteiger partial charge < -0.3 is 10.2 Å². The van der Waals surface area contributed by atoms with Crippen LogP contribution in [0.1, 0.15) is 24.2 Å². The summed E-state index contributed by atoms with van der Waals surface area (Å²) in [7, 11) is 0. The van der Waals surface area contributed by atoms with Crippen LogP contribution in [-0.2, 0) is 0 Å². The van der Waals surface area contributed by atoms with Gasteiger partial charge in [0.15, 0.2) is 0 Å². The van der Waals surface area contributed by atoms with Gasteiger partial charge in [0.2, 0.25) is 0 Å². The lowest BCUT2D eigenvalue weighted by Crippen LogP contribution is -2.30. The summed E-state index contributed by atoms with van der Waals surface area (Å²) in [5.74, 6) is 0. The number of aliphatic hydroxyl groups excluding tert-OH is 1. The monoisotopic (exact) mass is 322 g/mol. The molecule has 21 heavy (non-hydrogen) atoms. The quantitative estimate of drug-likeness (QED) is 0.870. The van der Waals surface area contributed by atoms with E-state index in [1.54, 1.807) is 37.3 Å². The first-order valence-corrected chi connectivity index (χ1v) is 7.25. The van der Waals surface area contributed by atoms with Crippen LogP contribution in [0.4, 0.5) is 0 Å². The zero-order valence-corrected chi connectivity index (χ0v) is 13.0. The molecule has 0 heterocycles. The van der Waals surface area contributed by atoms with E-state index in [1.807, 2.05) is 30.3 Å². The molecule has 0 saturated heterocycles. The molecule has 0 saturated carbocycles. The van der Waals surface area contributed by atoms with Crippen LogP contribution in [-0.4, -0.2) is 15.8 Å². The Bertz CT molecular complexity index is 636. The molecule has 0 aliphatic carbocycles. The van der Waals surface area contributed by atoms with Gasteiger partial charge in [-0.15, -0.1) is 0 Å². The molecule has 0 spiro atoms. The van der Waals surface area contributed by atoms with Crippen molar-refractivity contribution in [1.29, 1.82) is 0 Å².